The fourth-order valence-electron chi connectivity index (χ4n) is 2.52. The Kier molecular flexibility index (Phi) is 5.16. The fourth-order valence-corrected chi connectivity index (χ4v) is 2.99. The van der Waals surface area contributed by atoms with Gasteiger partial charge in [-0.3, -0.25) is 10.1 Å². The maximum Gasteiger partial charge on any atom is 0.337 e. The molecule has 3 aromatic carbocycles. The summed E-state index contributed by atoms with van der Waals surface area (Å²) < 4.78 is 0. The fraction of sp³-hybridized carbons (Fsp3) is 0. The third kappa shape index (κ3) is 3.82. The van der Waals surface area contributed by atoms with E-state index in [9.17, 15) is 9.59 Å². The van der Waals surface area contributed by atoms with Gasteiger partial charge in [-0.15, -0.1) is 0 Å². The van der Waals surface area contributed by atoms with Crippen LogP contribution in [-0.2, 0) is 0 Å². The molecule has 0 fully saturated rings. The van der Waals surface area contributed by atoms with Gasteiger partial charge < -0.3 is 10.4 Å². The molecule has 0 bridgehead atoms. The van der Waals surface area contributed by atoms with E-state index in [1.807, 2.05) is 30.3 Å². The van der Waals surface area contributed by atoms with Gasteiger partial charge in [-0.2, -0.15) is 0 Å². The Balaban J connectivity index is 1.74. The summed E-state index contributed by atoms with van der Waals surface area (Å²) in [5.74, 6) is -1.46. The van der Waals surface area contributed by atoms with Crippen molar-refractivity contribution in [2.45, 2.75) is 0 Å². The molecular weight excluding hydrogens is 372 g/mol. The Bertz CT molecular complexity index is 1030. The van der Waals surface area contributed by atoms with Crippen LogP contribution >= 0.6 is 23.8 Å². The number of carboxylic acids is 1. The number of halogens is 1. The molecule has 0 aromatic heterocycles. The van der Waals surface area contributed by atoms with Crippen molar-refractivity contribution in [1.29, 1.82) is 0 Å². The molecule has 0 unspecified atom stereocenters. The predicted molar refractivity (Wildman–Crippen MR) is 106 cm³/mol. The molecule has 3 rings (SSSR count). The van der Waals surface area contributed by atoms with Gasteiger partial charge in [-0.25, -0.2) is 4.79 Å². The van der Waals surface area contributed by atoms with Gasteiger partial charge >= 0.3 is 5.97 Å². The lowest BCUT2D eigenvalue weighted by molar-refractivity contribution is 0.0697. The van der Waals surface area contributed by atoms with E-state index in [4.69, 9.17) is 28.9 Å². The van der Waals surface area contributed by atoms with Crippen LogP contribution in [0.4, 0.5) is 5.69 Å². The van der Waals surface area contributed by atoms with Crippen molar-refractivity contribution in [2.75, 3.05) is 5.32 Å². The van der Waals surface area contributed by atoms with E-state index in [-0.39, 0.29) is 21.6 Å². The molecule has 0 saturated heterocycles. The SMILES string of the molecule is O=C(O)c1ccc(NC(=S)NC(=O)c2cccc3ccccc23)cc1Cl. The molecule has 0 aliphatic heterocycles. The van der Waals surface area contributed by atoms with Crippen LogP contribution < -0.4 is 10.6 Å². The summed E-state index contributed by atoms with van der Waals surface area (Å²) >= 11 is 11.1. The van der Waals surface area contributed by atoms with Crippen LogP contribution in [0, 0.1) is 0 Å². The molecule has 0 atom stereocenters. The Morgan fingerprint density at radius 2 is 1.69 bits per heavy atom. The number of benzene rings is 3. The number of fused-ring (bicyclic) bond motifs is 1. The summed E-state index contributed by atoms with van der Waals surface area (Å²) in [6.07, 6.45) is 0. The first-order valence-electron chi connectivity index (χ1n) is 7.58. The number of carbonyl (C=O) groups excluding carboxylic acids is 1. The molecule has 0 saturated carbocycles. The highest BCUT2D eigenvalue weighted by Gasteiger charge is 2.13. The van der Waals surface area contributed by atoms with Crippen LogP contribution in [0.1, 0.15) is 20.7 Å². The van der Waals surface area contributed by atoms with E-state index in [0.717, 1.165) is 10.8 Å². The minimum absolute atomic E-state index is 0.0112. The van der Waals surface area contributed by atoms with E-state index in [0.29, 0.717) is 11.3 Å². The third-order valence-electron chi connectivity index (χ3n) is 3.72. The number of hydrogen-bond donors (Lipinski definition) is 3. The number of nitrogens with one attached hydrogen (secondary N) is 2. The molecule has 26 heavy (non-hydrogen) atoms. The standard InChI is InChI=1S/C19H13ClN2O3S/c20-16-10-12(8-9-15(16)18(24)25)21-19(26)22-17(23)14-7-3-5-11-4-1-2-6-13(11)14/h1-10H,(H,24,25)(H2,21,22,23,26). The lowest BCUT2D eigenvalue weighted by Crippen LogP contribution is -2.34. The van der Waals surface area contributed by atoms with Crippen molar-refractivity contribution in [3.8, 4) is 0 Å². The number of hydrogen-bond acceptors (Lipinski definition) is 3. The number of carbonyl (C=O) groups is 2. The van der Waals surface area contributed by atoms with E-state index in [1.165, 1.54) is 18.2 Å². The second-order valence-corrected chi connectivity index (χ2v) is 6.25. The number of thiocarbonyl (C=S) groups is 1. The summed E-state index contributed by atoms with van der Waals surface area (Å²) in [7, 11) is 0. The monoisotopic (exact) mass is 384 g/mol. The minimum Gasteiger partial charge on any atom is -0.478 e. The molecular formula is C19H13ClN2O3S. The van der Waals surface area contributed by atoms with Crippen molar-refractivity contribution in [3.05, 3.63) is 76.8 Å². The largest absolute Gasteiger partial charge is 0.478 e. The van der Waals surface area contributed by atoms with Gasteiger partial charge in [-0.05, 0) is 47.3 Å². The van der Waals surface area contributed by atoms with Crippen LogP contribution in [0.25, 0.3) is 10.8 Å². The first kappa shape index (κ1) is 17.8. The topological polar surface area (TPSA) is 78.4 Å². The Morgan fingerprint density at radius 1 is 0.962 bits per heavy atom. The highest BCUT2D eigenvalue weighted by molar-refractivity contribution is 7.80. The number of rotatable bonds is 3. The first-order chi connectivity index (χ1) is 12.5. The summed E-state index contributed by atoms with van der Waals surface area (Å²) in [5.41, 5.74) is 0.970. The van der Waals surface area contributed by atoms with E-state index >= 15 is 0 Å². The minimum atomic E-state index is -1.12. The summed E-state index contributed by atoms with van der Waals surface area (Å²) in [6, 6.07) is 17.3. The molecule has 0 radical (unpaired) electrons. The Hall–Kier alpha value is -2.96. The van der Waals surface area contributed by atoms with E-state index in [2.05, 4.69) is 10.6 Å². The molecule has 0 aliphatic carbocycles. The van der Waals surface area contributed by atoms with Crippen molar-refractivity contribution in [2.24, 2.45) is 0 Å². The lowest BCUT2D eigenvalue weighted by Gasteiger charge is -2.11. The zero-order valence-electron chi connectivity index (χ0n) is 13.3. The average Bonchev–Trinajstić information content (AvgIpc) is 2.60. The second-order valence-electron chi connectivity index (χ2n) is 5.43. The quantitative estimate of drug-likeness (QED) is 0.586. The summed E-state index contributed by atoms with van der Waals surface area (Å²) in [6.45, 7) is 0. The molecule has 130 valence electrons. The highest BCUT2D eigenvalue weighted by Crippen LogP contribution is 2.21. The molecule has 0 aliphatic rings. The molecule has 0 heterocycles. The van der Waals surface area contributed by atoms with Crippen LogP contribution in [0.2, 0.25) is 5.02 Å². The molecule has 1 amide bonds. The van der Waals surface area contributed by atoms with Crippen LogP contribution in [-0.4, -0.2) is 22.1 Å². The van der Waals surface area contributed by atoms with Crippen molar-refractivity contribution in [1.82, 2.24) is 5.32 Å². The second kappa shape index (κ2) is 7.51. The van der Waals surface area contributed by atoms with Gasteiger partial charge in [0.25, 0.3) is 5.91 Å². The lowest BCUT2D eigenvalue weighted by atomic mass is 10.0. The molecule has 3 aromatic rings. The average molecular weight is 385 g/mol. The predicted octanol–water partition coefficient (Wildman–Crippen LogP) is 4.32. The normalized spacial score (nSPS) is 10.3. The summed E-state index contributed by atoms with van der Waals surface area (Å²) in [5, 5.41) is 16.4. The van der Waals surface area contributed by atoms with Gasteiger partial charge in [0, 0.05) is 11.3 Å². The van der Waals surface area contributed by atoms with Gasteiger partial charge in [0.2, 0.25) is 0 Å². The van der Waals surface area contributed by atoms with Gasteiger partial charge in [0.1, 0.15) is 0 Å². The van der Waals surface area contributed by atoms with Crippen LogP contribution in [0.3, 0.4) is 0 Å². The van der Waals surface area contributed by atoms with Crippen molar-refractivity contribution >= 4 is 57.3 Å². The molecule has 5 nitrogen and oxygen atoms in total. The zero-order valence-corrected chi connectivity index (χ0v) is 14.9. The summed E-state index contributed by atoms with van der Waals surface area (Å²) in [4.78, 5) is 23.5. The smallest absolute Gasteiger partial charge is 0.337 e. The van der Waals surface area contributed by atoms with Crippen LogP contribution in [0.5, 0.6) is 0 Å². The van der Waals surface area contributed by atoms with E-state index in [1.54, 1.807) is 12.1 Å². The first-order valence-corrected chi connectivity index (χ1v) is 8.37. The number of carboxylic acid groups (broad SMARTS) is 1. The van der Waals surface area contributed by atoms with Gasteiger partial charge in [-0.1, -0.05) is 48.0 Å². The Labute approximate surface area is 159 Å². The maximum absolute atomic E-state index is 12.5. The number of aromatic carboxylic acids is 1. The molecule has 3 N–H and O–H groups in total. The molecule has 7 heteroatoms. The third-order valence-corrected chi connectivity index (χ3v) is 4.24. The van der Waals surface area contributed by atoms with Crippen molar-refractivity contribution in [3.63, 3.8) is 0 Å². The Morgan fingerprint density at radius 3 is 2.42 bits per heavy atom. The van der Waals surface area contributed by atoms with Crippen LogP contribution in [0.15, 0.2) is 60.7 Å². The van der Waals surface area contributed by atoms with E-state index < -0.39 is 5.97 Å². The highest BCUT2D eigenvalue weighted by atomic mass is 35.5. The zero-order chi connectivity index (χ0) is 18.7. The molecule has 0 spiro atoms. The van der Waals surface area contributed by atoms with Gasteiger partial charge in [0.15, 0.2) is 5.11 Å². The maximum atomic E-state index is 12.5. The van der Waals surface area contributed by atoms with Crippen molar-refractivity contribution < 1.29 is 14.7 Å². The van der Waals surface area contributed by atoms with Gasteiger partial charge in [0.05, 0.1) is 10.6 Å². The number of anilines is 1. The number of amides is 1.